The van der Waals surface area contributed by atoms with Gasteiger partial charge in [0.25, 0.3) is 5.91 Å². The van der Waals surface area contributed by atoms with Crippen LogP contribution in [-0.4, -0.2) is 28.7 Å². The SMILES string of the molecule is COc1ccc(NC(=O)c2nn(-c3ccc(C)cc3)c3c2CCC3)cc1NC(C)=O. The standard InChI is InChI=1S/C23H24N4O3/c1-14-7-10-17(11-8-14)27-20-6-4-5-18(20)22(26-27)23(29)25-16-9-12-21(30-3)19(13-16)24-15(2)28/h7-13H,4-6H2,1-3H3,(H,24,28)(H,25,29). The second-order valence-corrected chi connectivity index (χ2v) is 7.43. The Morgan fingerprint density at radius 2 is 1.83 bits per heavy atom. The van der Waals surface area contributed by atoms with Crippen LogP contribution in [0.4, 0.5) is 11.4 Å². The summed E-state index contributed by atoms with van der Waals surface area (Å²) >= 11 is 0. The molecule has 0 saturated carbocycles. The van der Waals surface area contributed by atoms with E-state index in [0.29, 0.717) is 22.8 Å². The fraction of sp³-hybridized carbons (Fsp3) is 0.261. The highest BCUT2D eigenvalue weighted by Gasteiger charge is 2.27. The quantitative estimate of drug-likeness (QED) is 0.676. The van der Waals surface area contributed by atoms with Crippen molar-refractivity contribution < 1.29 is 14.3 Å². The van der Waals surface area contributed by atoms with E-state index in [-0.39, 0.29) is 11.8 Å². The van der Waals surface area contributed by atoms with Crippen LogP contribution in [0.25, 0.3) is 5.69 Å². The zero-order valence-corrected chi connectivity index (χ0v) is 17.3. The van der Waals surface area contributed by atoms with Crippen LogP contribution in [0.5, 0.6) is 5.75 Å². The van der Waals surface area contributed by atoms with Crippen LogP contribution in [-0.2, 0) is 17.6 Å². The monoisotopic (exact) mass is 404 g/mol. The third kappa shape index (κ3) is 3.78. The van der Waals surface area contributed by atoms with Gasteiger partial charge in [-0.15, -0.1) is 0 Å². The molecule has 4 rings (SSSR count). The summed E-state index contributed by atoms with van der Waals surface area (Å²) in [6.07, 6.45) is 2.75. The van der Waals surface area contributed by atoms with E-state index in [0.717, 1.165) is 36.2 Å². The summed E-state index contributed by atoms with van der Waals surface area (Å²) in [6, 6.07) is 13.2. The minimum atomic E-state index is -0.266. The van der Waals surface area contributed by atoms with Crippen LogP contribution < -0.4 is 15.4 Å². The lowest BCUT2D eigenvalue weighted by Crippen LogP contribution is -2.15. The molecule has 2 aromatic carbocycles. The van der Waals surface area contributed by atoms with Crippen LogP contribution in [0, 0.1) is 6.92 Å². The van der Waals surface area contributed by atoms with Gasteiger partial charge in [-0.2, -0.15) is 5.10 Å². The van der Waals surface area contributed by atoms with Crippen molar-refractivity contribution in [1.82, 2.24) is 9.78 Å². The normalized spacial score (nSPS) is 12.4. The molecule has 0 unspecified atom stereocenters. The molecule has 0 saturated heterocycles. The molecule has 2 N–H and O–H groups in total. The van der Waals surface area contributed by atoms with Crippen molar-refractivity contribution in [2.45, 2.75) is 33.1 Å². The number of rotatable bonds is 5. The first-order chi connectivity index (χ1) is 14.5. The number of nitrogens with zero attached hydrogens (tertiary/aromatic N) is 2. The van der Waals surface area contributed by atoms with E-state index in [1.165, 1.54) is 19.6 Å². The van der Waals surface area contributed by atoms with Gasteiger partial charge in [-0.3, -0.25) is 9.59 Å². The Balaban J connectivity index is 1.64. The molecule has 1 aromatic heterocycles. The molecule has 1 aliphatic carbocycles. The highest BCUT2D eigenvalue weighted by molar-refractivity contribution is 6.05. The number of carbonyl (C=O) groups excluding carboxylic acids is 2. The summed E-state index contributed by atoms with van der Waals surface area (Å²) in [7, 11) is 1.53. The Bertz CT molecular complexity index is 1120. The topological polar surface area (TPSA) is 85.2 Å². The first kappa shape index (κ1) is 19.7. The van der Waals surface area contributed by atoms with Crippen molar-refractivity contribution in [2.24, 2.45) is 0 Å². The fourth-order valence-corrected chi connectivity index (χ4v) is 3.78. The van der Waals surface area contributed by atoms with Gasteiger partial charge in [0.1, 0.15) is 5.75 Å². The smallest absolute Gasteiger partial charge is 0.276 e. The third-order valence-corrected chi connectivity index (χ3v) is 5.19. The van der Waals surface area contributed by atoms with Gasteiger partial charge in [0.15, 0.2) is 5.69 Å². The van der Waals surface area contributed by atoms with Gasteiger partial charge in [0, 0.05) is 23.9 Å². The number of aromatic nitrogens is 2. The van der Waals surface area contributed by atoms with Gasteiger partial charge >= 0.3 is 0 Å². The Morgan fingerprint density at radius 3 is 2.53 bits per heavy atom. The molecule has 0 aliphatic heterocycles. The van der Waals surface area contributed by atoms with Crippen LogP contribution in [0.1, 0.15) is 40.7 Å². The average Bonchev–Trinajstić information content (AvgIpc) is 3.31. The van der Waals surface area contributed by atoms with E-state index in [4.69, 9.17) is 4.74 Å². The molecule has 2 amide bonds. The van der Waals surface area contributed by atoms with Crippen molar-refractivity contribution >= 4 is 23.2 Å². The van der Waals surface area contributed by atoms with Crippen LogP contribution in [0.3, 0.4) is 0 Å². The highest BCUT2D eigenvalue weighted by Crippen LogP contribution is 2.30. The number of carbonyl (C=O) groups is 2. The van der Waals surface area contributed by atoms with E-state index < -0.39 is 0 Å². The van der Waals surface area contributed by atoms with Crippen molar-refractivity contribution in [3.05, 3.63) is 65.0 Å². The lowest BCUT2D eigenvalue weighted by Gasteiger charge is -2.11. The number of amides is 2. The van der Waals surface area contributed by atoms with Crippen LogP contribution in [0.15, 0.2) is 42.5 Å². The first-order valence-corrected chi connectivity index (χ1v) is 9.91. The Kier molecular flexibility index (Phi) is 5.27. The lowest BCUT2D eigenvalue weighted by molar-refractivity contribution is -0.114. The number of methoxy groups -OCH3 is 1. The average molecular weight is 404 g/mol. The lowest BCUT2D eigenvalue weighted by atomic mass is 10.2. The first-order valence-electron chi connectivity index (χ1n) is 9.91. The van der Waals surface area contributed by atoms with Crippen molar-refractivity contribution in [2.75, 3.05) is 17.7 Å². The molecule has 1 heterocycles. The summed E-state index contributed by atoms with van der Waals surface area (Å²) in [5.41, 5.74) is 5.73. The number of fused-ring (bicyclic) bond motifs is 1. The molecule has 1 aliphatic rings. The number of benzene rings is 2. The molecule has 0 bridgehead atoms. The maximum Gasteiger partial charge on any atom is 0.276 e. The largest absolute Gasteiger partial charge is 0.495 e. The third-order valence-electron chi connectivity index (χ3n) is 5.19. The molecule has 30 heavy (non-hydrogen) atoms. The molecule has 0 radical (unpaired) electrons. The van der Waals surface area contributed by atoms with Gasteiger partial charge in [-0.05, 0) is 56.5 Å². The molecular weight excluding hydrogens is 380 g/mol. The van der Waals surface area contributed by atoms with Gasteiger partial charge in [0.05, 0.1) is 18.5 Å². The molecule has 154 valence electrons. The maximum absolute atomic E-state index is 13.1. The van der Waals surface area contributed by atoms with Gasteiger partial charge in [0.2, 0.25) is 5.91 Å². The predicted molar refractivity (Wildman–Crippen MR) is 116 cm³/mol. The van der Waals surface area contributed by atoms with Gasteiger partial charge in [-0.1, -0.05) is 17.7 Å². The number of aryl methyl sites for hydroxylation is 1. The maximum atomic E-state index is 13.1. The van der Waals surface area contributed by atoms with Crippen molar-refractivity contribution in [3.63, 3.8) is 0 Å². The van der Waals surface area contributed by atoms with Crippen LogP contribution >= 0.6 is 0 Å². The predicted octanol–water partition coefficient (Wildman–Crippen LogP) is 3.89. The van der Waals surface area contributed by atoms with Crippen molar-refractivity contribution in [1.29, 1.82) is 0 Å². The van der Waals surface area contributed by atoms with E-state index in [9.17, 15) is 9.59 Å². The highest BCUT2D eigenvalue weighted by atomic mass is 16.5. The molecule has 0 atom stereocenters. The molecular formula is C23H24N4O3. The number of anilines is 2. The fourth-order valence-electron chi connectivity index (χ4n) is 3.78. The van der Waals surface area contributed by atoms with Crippen molar-refractivity contribution in [3.8, 4) is 11.4 Å². The summed E-state index contributed by atoms with van der Waals surface area (Å²) in [5.74, 6) is 0.0390. The van der Waals surface area contributed by atoms with Crippen LogP contribution in [0.2, 0.25) is 0 Å². The van der Waals surface area contributed by atoms with E-state index in [1.807, 2.05) is 35.9 Å². The molecule has 0 fully saturated rings. The second-order valence-electron chi connectivity index (χ2n) is 7.43. The molecule has 3 aromatic rings. The zero-order chi connectivity index (χ0) is 21.3. The second kappa shape index (κ2) is 8.02. The Morgan fingerprint density at radius 1 is 1.07 bits per heavy atom. The zero-order valence-electron chi connectivity index (χ0n) is 17.3. The summed E-state index contributed by atoms with van der Waals surface area (Å²) in [4.78, 5) is 24.5. The number of ether oxygens (including phenoxy) is 1. The van der Waals surface area contributed by atoms with Gasteiger partial charge in [-0.25, -0.2) is 4.68 Å². The summed E-state index contributed by atoms with van der Waals surface area (Å²) in [6.45, 7) is 3.46. The molecule has 7 heteroatoms. The van der Waals surface area contributed by atoms with E-state index in [2.05, 4.69) is 15.7 Å². The molecule has 7 nitrogen and oxygen atoms in total. The number of hydrogen-bond acceptors (Lipinski definition) is 4. The summed E-state index contributed by atoms with van der Waals surface area (Å²) in [5, 5.41) is 10.3. The number of hydrogen-bond donors (Lipinski definition) is 2. The summed E-state index contributed by atoms with van der Waals surface area (Å²) < 4.78 is 7.15. The minimum Gasteiger partial charge on any atom is -0.495 e. The Hall–Kier alpha value is -3.61. The minimum absolute atomic E-state index is 0.216. The van der Waals surface area contributed by atoms with Gasteiger partial charge < -0.3 is 15.4 Å². The van der Waals surface area contributed by atoms with E-state index >= 15 is 0 Å². The Labute approximate surface area is 175 Å². The van der Waals surface area contributed by atoms with E-state index in [1.54, 1.807) is 18.2 Å². The number of nitrogens with one attached hydrogen (secondary N) is 2. The molecule has 0 spiro atoms.